The zero-order valence-electron chi connectivity index (χ0n) is 9.14. The van der Waals surface area contributed by atoms with Crippen molar-refractivity contribution >= 4 is 11.8 Å². The molecule has 0 saturated heterocycles. The van der Waals surface area contributed by atoms with Crippen molar-refractivity contribution in [2.75, 3.05) is 6.54 Å². The molecule has 0 bridgehead atoms. The molecule has 0 atom stereocenters. The second-order valence-corrected chi connectivity index (χ2v) is 3.90. The van der Waals surface area contributed by atoms with Crippen LogP contribution in [0.1, 0.15) is 11.1 Å². The monoisotopic (exact) mass is 215 g/mol. The number of aryl methyl sites for hydroxylation is 1. The van der Waals surface area contributed by atoms with E-state index in [1.165, 1.54) is 22.6 Å². The molecule has 3 heteroatoms. The Morgan fingerprint density at radius 2 is 1.81 bits per heavy atom. The van der Waals surface area contributed by atoms with Crippen molar-refractivity contribution in [1.82, 2.24) is 4.90 Å². The molecule has 0 aromatic heterocycles. The van der Waals surface area contributed by atoms with Crippen molar-refractivity contribution in [3.8, 4) is 0 Å². The van der Waals surface area contributed by atoms with Crippen LogP contribution in [0.3, 0.4) is 0 Å². The fraction of sp³-hybridized carbons (Fsp3) is 0.231. The zero-order chi connectivity index (χ0) is 11.5. The zero-order valence-corrected chi connectivity index (χ0v) is 9.14. The average Bonchev–Trinajstić information content (AvgIpc) is 2.56. The van der Waals surface area contributed by atoms with Crippen molar-refractivity contribution in [2.24, 2.45) is 0 Å². The molecule has 1 aromatic carbocycles. The number of hydrogen-bond donors (Lipinski definition) is 0. The Balaban J connectivity index is 1.98. The molecule has 1 heterocycles. The van der Waals surface area contributed by atoms with E-state index in [-0.39, 0.29) is 11.8 Å². The van der Waals surface area contributed by atoms with Gasteiger partial charge in [0.15, 0.2) is 0 Å². The molecule has 2 rings (SSSR count). The molecule has 3 nitrogen and oxygen atoms in total. The van der Waals surface area contributed by atoms with Crippen molar-refractivity contribution < 1.29 is 9.59 Å². The van der Waals surface area contributed by atoms with E-state index < -0.39 is 0 Å². The largest absolute Gasteiger partial charge is 0.275 e. The van der Waals surface area contributed by atoms with E-state index in [0.717, 1.165) is 5.56 Å². The Bertz CT molecular complexity index is 445. The van der Waals surface area contributed by atoms with Crippen LogP contribution in [0, 0.1) is 6.92 Å². The average molecular weight is 215 g/mol. The van der Waals surface area contributed by atoms with Gasteiger partial charge in [0.25, 0.3) is 11.8 Å². The van der Waals surface area contributed by atoms with Crippen molar-refractivity contribution in [2.45, 2.75) is 13.3 Å². The molecule has 1 aliphatic heterocycles. The van der Waals surface area contributed by atoms with Crippen LogP contribution in [-0.4, -0.2) is 23.3 Å². The summed E-state index contributed by atoms with van der Waals surface area (Å²) in [6.07, 6.45) is 3.35. The predicted octanol–water partition coefficient (Wildman–Crippen LogP) is 1.46. The fourth-order valence-electron chi connectivity index (χ4n) is 1.76. The third kappa shape index (κ3) is 2.19. The minimum absolute atomic E-state index is 0.211. The molecular weight excluding hydrogens is 202 g/mol. The highest BCUT2D eigenvalue weighted by Gasteiger charge is 2.22. The van der Waals surface area contributed by atoms with Crippen LogP contribution in [0.15, 0.2) is 36.4 Å². The van der Waals surface area contributed by atoms with Gasteiger partial charge in [-0.3, -0.25) is 14.5 Å². The molecule has 0 radical (unpaired) electrons. The molecule has 0 unspecified atom stereocenters. The molecule has 16 heavy (non-hydrogen) atoms. The van der Waals surface area contributed by atoms with Gasteiger partial charge < -0.3 is 0 Å². The molecule has 0 aliphatic carbocycles. The number of carbonyl (C=O) groups is 2. The number of nitrogens with zero attached hydrogens (tertiary/aromatic N) is 1. The Morgan fingerprint density at radius 1 is 1.12 bits per heavy atom. The van der Waals surface area contributed by atoms with Crippen LogP contribution in [0.2, 0.25) is 0 Å². The van der Waals surface area contributed by atoms with Crippen molar-refractivity contribution in [3.63, 3.8) is 0 Å². The Kier molecular flexibility index (Phi) is 2.86. The summed E-state index contributed by atoms with van der Waals surface area (Å²) in [5.74, 6) is -0.421. The highest BCUT2D eigenvalue weighted by molar-refractivity contribution is 6.12. The molecule has 2 amide bonds. The van der Waals surface area contributed by atoms with Gasteiger partial charge in [0, 0.05) is 18.7 Å². The molecule has 1 aliphatic rings. The Hall–Kier alpha value is -1.90. The molecule has 1 aromatic rings. The number of imide groups is 1. The van der Waals surface area contributed by atoms with Crippen LogP contribution in [0.4, 0.5) is 0 Å². The summed E-state index contributed by atoms with van der Waals surface area (Å²) in [7, 11) is 0. The van der Waals surface area contributed by atoms with Gasteiger partial charge in [-0.1, -0.05) is 29.8 Å². The van der Waals surface area contributed by atoms with Crippen molar-refractivity contribution in [1.29, 1.82) is 0 Å². The maximum absolute atomic E-state index is 11.3. The SMILES string of the molecule is Cc1cccc(CCN2C(=O)C=CC2=O)c1. The van der Waals surface area contributed by atoms with Gasteiger partial charge >= 0.3 is 0 Å². The quantitative estimate of drug-likeness (QED) is 0.716. The van der Waals surface area contributed by atoms with Crippen LogP contribution in [-0.2, 0) is 16.0 Å². The van der Waals surface area contributed by atoms with Crippen LogP contribution in [0.5, 0.6) is 0 Å². The highest BCUT2D eigenvalue weighted by Crippen LogP contribution is 2.08. The van der Waals surface area contributed by atoms with E-state index in [4.69, 9.17) is 0 Å². The first-order valence-corrected chi connectivity index (χ1v) is 5.26. The second-order valence-electron chi connectivity index (χ2n) is 3.90. The van der Waals surface area contributed by atoms with Gasteiger partial charge in [-0.15, -0.1) is 0 Å². The van der Waals surface area contributed by atoms with Gasteiger partial charge in [0.05, 0.1) is 0 Å². The van der Waals surface area contributed by atoms with Crippen molar-refractivity contribution in [3.05, 3.63) is 47.5 Å². The first-order chi connectivity index (χ1) is 7.66. The highest BCUT2D eigenvalue weighted by atomic mass is 16.2. The summed E-state index contributed by atoms with van der Waals surface area (Å²) in [5, 5.41) is 0. The lowest BCUT2D eigenvalue weighted by Gasteiger charge is -2.13. The number of hydrogen-bond acceptors (Lipinski definition) is 2. The van der Waals surface area contributed by atoms with Gasteiger partial charge in [0.1, 0.15) is 0 Å². The standard InChI is InChI=1S/C13H13NO2/c1-10-3-2-4-11(9-10)7-8-14-12(15)5-6-13(14)16/h2-6,9H,7-8H2,1H3. The van der Waals surface area contributed by atoms with E-state index in [1.54, 1.807) is 0 Å². The lowest BCUT2D eigenvalue weighted by molar-refractivity contribution is -0.136. The summed E-state index contributed by atoms with van der Waals surface area (Å²) < 4.78 is 0. The van der Waals surface area contributed by atoms with E-state index in [1.807, 2.05) is 25.1 Å². The van der Waals surface area contributed by atoms with E-state index >= 15 is 0 Å². The molecule has 0 spiro atoms. The predicted molar refractivity (Wildman–Crippen MR) is 60.7 cm³/mol. The summed E-state index contributed by atoms with van der Waals surface area (Å²) in [6.45, 7) is 2.48. The Labute approximate surface area is 94.4 Å². The lowest BCUT2D eigenvalue weighted by Crippen LogP contribution is -2.31. The maximum Gasteiger partial charge on any atom is 0.253 e. The second kappa shape index (κ2) is 4.31. The normalized spacial score (nSPS) is 14.9. The van der Waals surface area contributed by atoms with Crippen LogP contribution < -0.4 is 0 Å². The van der Waals surface area contributed by atoms with Gasteiger partial charge in [-0.25, -0.2) is 0 Å². The number of carbonyl (C=O) groups excluding carboxylic acids is 2. The third-order valence-corrected chi connectivity index (χ3v) is 2.61. The lowest BCUT2D eigenvalue weighted by atomic mass is 10.1. The Morgan fingerprint density at radius 3 is 2.44 bits per heavy atom. The molecular formula is C13H13NO2. The summed E-state index contributed by atoms with van der Waals surface area (Å²) >= 11 is 0. The molecule has 82 valence electrons. The van der Waals surface area contributed by atoms with Crippen LogP contribution >= 0.6 is 0 Å². The number of rotatable bonds is 3. The first-order valence-electron chi connectivity index (χ1n) is 5.26. The summed E-state index contributed by atoms with van der Waals surface area (Å²) in [6, 6.07) is 8.08. The third-order valence-electron chi connectivity index (χ3n) is 2.61. The topological polar surface area (TPSA) is 37.4 Å². The van der Waals surface area contributed by atoms with Gasteiger partial charge in [-0.05, 0) is 18.9 Å². The van der Waals surface area contributed by atoms with Gasteiger partial charge in [0.2, 0.25) is 0 Å². The minimum atomic E-state index is -0.211. The van der Waals surface area contributed by atoms with Gasteiger partial charge in [-0.2, -0.15) is 0 Å². The van der Waals surface area contributed by atoms with E-state index in [0.29, 0.717) is 13.0 Å². The minimum Gasteiger partial charge on any atom is -0.275 e. The summed E-state index contributed by atoms with van der Waals surface area (Å²) in [4.78, 5) is 23.8. The fourth-order valence-corrected chi connectivity index (χ4v) is 1.76. The number of benzene rings is 1. The first kappa shape index (κ1) is 10.6. The van der Waals surface area contributed by atoms with E-state index in [9.17, 15) is 9.59 Å². The smallest absolute Gasteiger partial charge is 0.253 e. The summed E-state index contributed by atoms with van der Waals surface area (Å²) in [5.41, 5.74) is 2.34. The molecule has 0 fully saturated rings. The number of amides is 2. The molecule has 0 saturated carbocycles. The maximum atomic E-state index is 11.3. The van der Waals surface area contributed by atoms with Crippen LogP contribution in [0.25, 0.3) is 0 Å². The van der Waals surface area contributed by atoms with E-state index in [2.05, 4.69) is 6.07 Å². The molecule has 0 N–H and O–H groups in total.